The molecule has 0 bridgehead atoms. The molecule has 0 spiro atoms. The second-order valence-electron chi connectivity index (χ2n) is 6.06. The molecule has 0 aromatic carbocycles. The molecule has 2 N–H and O–H groups in total. The second-order valence-corrected chi connectivity index (χ2v) is 6.06. The molecule has 8 nitrogen and oxygen atoms in total. The van der Waals surface area contributed by atoms with E-state index >= 15 is 0 Å². The minimum absolute atomic E-state index is 0.415. The summed E-state index contributed by atoms with van der Waals surface area (Å²) in [5, 5.41) is 8.24. The maximum absolute atomic E-state index is 11.6. The summed E-state index contributed by atoms with van der Waals surface area (Å²) in [6.45, 7) is 2.94. The predicted molar refractivity (Wildman–Crippen MR) is 88.4 cm³/mol. The Labute approximate surface area is 140 Å². The predicted octanol–water partition coefficient (Wildman–Crippen LogP) is 0.835. The summed E-state index contributed by atoms with van der Waals surface area (Å²) in [4.78, 5) is 18.1. The van der Waals surface area contributed by atoms with Crippen LogP contribution in [-0.2, 0) is 17.9 Å². The number of primary amides is 1. The molecule has 1 fully saturated rings. The number of methoxy groups -OCH3 is 1. The van der Waals surface area contributed by atoms with Crippen LogP contribution in [0.1, 0.15) is 28.9 Å². The summed E-state index contributed by atoms with van der Waals surface area (Å²) in [5.41, 5.74) is 6.77. The van der Waals surface area contributed by atoms with E-state index in [9.17, 15) is 4.79 Å². The lowest BCUT2D eigenvalue weighted by Gasteiger charge is -2.34. The van der Waals surface area contributed by atoms with Crippen molar-refractivity contribution in [3.63, 3.8) is 0 Å². The van der Waals surface area contributed by atoms with E-state index in [1.54, 1.807) is 25.4 Å². The number of ether oxygens (including phenoxy) is 1. The van der Waals surface area contributed by atoms with Gasteiger partial charge in [-0.1, -0.05) is 5.21 Å². The standard InChI is InChI=1S/C16H22N6O2/c1-24-11-13-10-22(20-19-13)9-12-4-3-7-21(8-12)16-14(15(17)23)5-2-6-18-16/h2,5-6,10,12H,3-4,7-9,11H2,1H3,(H2,17,23)/t12-/m0/s1. The number of nitrogens with zero attached hydrogens (tertiary/aromatic N) is 5. The Morgan fingerprint density at radius 1 is 1.50 bits per heavy atom. The molecular weight excluding hydrogens is 308 g/mol. The molecular formula is C16H22N6O2. The van der Waals surface area contributed by atoms with Crippen LogP contribution in [0.15, 0.2) is 24.5 Å². The first kappa shape index (κ1) is 16.4. The van der Waals surface area contributed by atoms with E-state index in [1.807, 2.05) is 10.9 Å². The summed E-state index contributed by atoms with van der Waals surface area (Å²) < 4.78 is 6.92. The van der Waals surface area contributed by atoms with Crippen molar-refractivity contribution in [3.8, 4) is 0 Å². The number of aromatic nitrogens is 4. The molecule has 1 saturated heterocycles. The van der Waals surface area contributed by atoms with Gasteiger partial charge < -0.3 is 15.4 Å². The average molecular weight is 330 g/mol. The lowest BCUT2D eigenvalue weighted by Crippen LogP contribution is -2.38. The molecule has 2 aromatic rings. The number of rotatable bonds is 6. The van der Waals surface area contributed by atoms with E-state index in [0.717, 1.165) is 38.2 Å². The Kier molecular flexibility index (Phi) is 5.05. The maximum Gasteiger partial charge on any atom is 0.252 e. The zero-order valence-electron chi connectivity index (χ0n) is 13.8. The summed E-state index contributed by atoms with van der Waals surface area (Å²) in [5.74, 6) is 0.646. The first-order valence-electron chi connectivity index (χ1n) is 8.05. The van der Waals surface area contributed by atoms with Crippen molar-refractivity contribution in [2.24, 2.45) is 11.7 Å². The number of nitrogens with two attached hydrogens (primary N) is 1. The van der Waals surface area contributed by atoms with E-state index in [1.165, 1.54) is 0 Å². The van der Waals surface area contributed by atoms with Crippen molar-refractivity contribution >= 4 is 11.7 Å². The maximum atomic E-state index is 11.6. The minimum Gasteiger partial charge on any atom is -0.378 e. The van der Waals surface area contributed by atoms with Crippen LogP contribution in [0.4, 0.5) is 5.82 Å². The van der Waals surface area contributed by atoms with Gasteiger partial charge in [-0.3, -0.25) is 9.48 Å². The third kappa shape index (κ3) is 3.70. The highest BCUT2D eigenvalue weighted by Gasteiger charge is 2.24. The van der Waals surface area contributed by atoms with E-state index in [-0.39, 0.29) is 0 Å². The lowest BCUT2D eigenvalue weighted by atomic mass is 9.97. The van der Waals surface area contributed by atoms with Crippen molar-refractivity contribution in [1.82, 2.24) is 20.0 Å². The Balaban J connectivity index is 1.69. The van der Waals surface area contributed by atoms with Crippen LogP contribution in [0.2, 0.25) is 0 Å². The molecule has 0 saturated carbocycles. The monoisotopic (exact) mass is 330 g/mol. The van der Waals surface area contributed by atoms with Crippen LogP contribution < -0.4 is 10.6 Å². The van der Waals surface area contributed by atoms with Gasteiger partial charge in [0.2, 0.25) is 0 Å². The van der Waals surface area contributed by atoms with Crippen LogP contribution in [0.25, 0.3) is 0 Å². The highest BCUT2D eigenvalue weighted by atomic mass is 16.5. The average Bonchev–Trinajstić information content (AvgIpc) is 3.02. The minimum atomic E-state index is -0.444. The molecule has 1 amide bonds. The van der Waals surface area contributed by atoms with Gasteiger partial charge in [0, 0.05) is 32.9 Å². The molecule has 24 heavy (non-hydrogen) atoms. The number of hydrogen-bond donors (Lipinski definition) is 1. The quantitative estimate of drug-likeness (QED) is 0.842. The Morgan fingerprint density at radius 3 is 3.17 bits per heavy atom. The van der Waals surface area contributed by atoms with Crippen LogP contribution >= 0.6 is 0 Å². The van der Waals surface area contributed by atoms with Crippen molar-refractivity contribution in [2.75, 3.05) is 25.1 Å². The van der Waals surface area contributed by atoms with Gasteiger partial charge in [-0.15, -0.1) is 5.10 Å². The van der Waals surface area contributed by atoms with Crippen molar-refractivity contribution in [2.45, 2.75) is 26.0 Å². The van der Waals surface area contributed by atoms with Gasteiger partial charge in [-0.25, -0.2) is 4.98 Å². The summed E-state index contributed by atoms with van der Waals surface area (Å²) in [6, 6.07) is 3.46. The zero-order valence-corrected chi connectivity index (χ0v) is 13.8. The van der Waals surface area contributed by atoms with Crippen LogP contribution in [0, 0.1) is 5.92 Å². The Morgan fingerprint density at radius 2 is 2.38 bits per heavy atom. The molecule has 8 heteroatoms. The smallest absolute Gasteiger partial charge is 0.252 e. The van der Waals surface area contributed by atoms with Gasteiger partial charge in [0.15, 0.2) is 0 Å². The number of piperidine rings is 1. The van der Waals surface area contributed by atoms with Crippen molar-refractivity contribution < 1.29 is 9.53 Å². The Bertz CT molecular complexity index is 701. The van der Waals surface area contributed by atoms with Crippen LogP contribution in [-0.4, -0.2) is 46.1 Å². The second kappa shape index (κ2) is 7.39. The number of amides is 1. The van der Waals surface area contributed by atoms with Gasteiger partial charge in [-0.05, 0) is 30.9 Å². The molecule has 0 radical (unpaired) electrons. The summed E-state index contributed by atoms with van der Waals surface area (Å²) in [7, 11) is 1.64. The van der Waals surface area contributed by atoms with Crippen LogP contribution in [0.5, 0.6) is 0 Å². The molecule has 3 heterocycles. The molecule has 0 unspecified atom stereocenters. The van der Waals surface area contributed by atoms with Gasteiger partial charge >= 0.3 is 0 Å². The molecule has 128 valence electrons. The topological polar surface area (TPSA) is 99.2 Å². The van der Waals surface area contributed by atoms with E-state index in [4.69, 9.17) is 10.5 Å². The lowest BCUT2D eigenvalue weighted by molar-refractivity contribution is 0.1000. The highest BCUT2D eigenvalue weighted by Crippen LogP contribution is 2.25. The van der Waals surface area contributed by atoms with E-state index in [2.05, 4.69) is 20.2 Å². The fourth-order valence-electron chi connectivity index (χ4n) is 3.15. The molecule has 1 aliphatic rings. The zero-order chi connectivity index (χ0) is 16.9. The molecule has 1 aliphatic heterocycles. The summed E-state index contributed by atoms with van der Waals surface area (Å²) >= 11 is 0. The molecule has 0 aliphatic carbocycles. The van der Waals surface area contributed by atoms with Gasteiger partial charge in [-0.2, -0.15) is 0 Å². The Hall–Kier alpha value is -2.48. The number of anilines is 1. The largest absolute Gasteiger partial charge is 0.378 e. The highest BCUT2D eigenvalue weighted by molar-refractivity contribution is 5.97. The van der Waals surface area contributed by atoms with Crippen LogP contribution in [0.3, 0.4) is 0 Å². The first-order valence-corrected chi connectivity index (χ1v) is 8.05. The van der Waals surface area contributed by atoms with E-state index < -0.39 is 5.91 Å². The number of carbonyl (C=O) groups is 1. The number of hydrogen-bond acceptors (Lipinski definition) is 6. The summed E-state index contributed by atoms with van der Waals surface area (Å²) in [6.07, 6.45) is 5.76. The molecule has 2 aromatic heterocycles. The van der Waals surface area contributed by atoms with Gasteiger partial charge in [0.1, 0.15) is 11.5 Å². The van der Waals surface area contributed by atoms with Crippen molar-refractivity contribution in [3.05, 3.63) is 35.8 Å². The SMILES string of the molecule is COCc1cn(C[C@H]2CCCN(c3ncccc3C(N)=O)C2)nn1. The van der Waals surface area contributed by atoms with E-state index in [0.29, 0.717) is 23.9 Å². The normalized spacial score (nSPS) is 17.9. The fraction of sp³-hybridized carbons (Fsp3) is 0.500. The van der Waals surface area contributed by atoms with Gasteiger partial charge in [0.25, 0.3) is 5.91 Å². The van der Waals surface area contributed by atoms with Crippen molar-refractivity contribution in [1.29, 1.82) is 0 Å². The first-order chi connectivity index (χ1) is 11.7. The number of carbonyl (C=O) groups excluding carboxylic acids is 1. The van der Waals surface area contributed by atoms with Gasteiger partial charge in [0.05, 0.1) is 18.4 Å². The number of pyridine rings is 1. The third-order valence-corrected chi connectivity index (χ3v) is 4.19. The fourth-order valence-corrected chi connectivity index (χ4v) is 3.15. The third-order valence-electron chi connectivity index (χ3n) is 4.19. The molecule has 1 atom stereocenters. The molecule has 3 rings (SSSR count).